The monoisotopic (exact) mass is 236 g/mol. The largest absolute Gasteiger partial charge is 0.478 e. The fourth-order valence-electron chi connectivity index (χ4n) is 1.48. The summed E-state index contributed by atoms with van der Waals surface area (Å²) < 4.78 is 1.42. The molecular weight excluding hydrogens is 228 g/mol. The summed E-state index contributed by atoms with van der Waals surface area (Å²) in [4.78, 5) is 10.9. The van der Waals surface area contributed by atoms with E-state index >= 15 is 0 Å². The van der Waals surface area contributed by atoms with Crippen LogP contribution in [-0.4, -0.2) is 20.9 Å². The van der Waals surface area contributed by atoms with E-state index in [0.29, 0.717) is 5.69 Å². The number of benzene rings is 1. The lowest BCUT2D eigenvalue weighted by Gasteiger charge is -2.01. The van der Waals surface area contributed by atoms with Crippen molar-refractivity contribution in [2.45, 2.75) is 6.92 Å². The molecule has 1 heterocycles. The predicted octanol–water partition coefficient (Wildman–Crippen LogP) is 2.53. The standard InChI is InChI=1S/C11H9ClN2O2/c1-7-9(11(15)16)10(12)14(13-7)8-5-3-2-4-6-8/h2-6H,1H3,(H,15,16). The van der Waals surface area contributed by atoms with Crippen LogP contribution in [0.15, 0.2) is 30.3 Å². The van der Waals surface area contributed by atoms with Gasteiger partial charge in [0, 0.05) is 0 Å². The summed E-state index contributed by atoms with van der Waals surface area (Å²) in [5.41, 5.74) is 1.19. The molecule has 0 fully saturated rings. The Hall–Kier alpha value is -1.81. The van der Waals surface area contributed by atoms with Gasteiger partial charge in [-0.05, 0) is 19.1 Å². The van der Waals surface area contributed by atoms with E-state index in [9.17, 15) is 4.79 Å². The minimum Gasteiger partial charge on any atom is -0.478 e. The molecule has 0 spiro atoms. The fraction of sp³-hybridized carbons (Fsp3) is 0.0909. The van der Waals surface area contributed by atoms with Crippen LogP contribution in [0.4, 0.5) is 0 Å². The summed E-state index contributed by atoms with van der Waals surface area (Å²) in [7, 11) is 0. The Morgan fingerprint density at radius 1 is 1.38 bits per heavy atom. The number of carboxylic acids is 1. The average molecular weight is 237 g/mol. The highest BCUT2D eigenvalue weighted by molar-refractivity contribution is 6.32. The first-order valence-corrected chi connectivity index (χ1v) is 5.03. The maximum absolute atomic E-state index is 10.9. The molecule has 0 amide bonds. The third kappa shape index (κ3) is 1.67. The lowest BCUT2D eigenvalue weighted by atomic mass is 10.3. The van der Waals surface area contributed by atoms with Crippen LogP contribution >= 0.6 is 11.6 Å². The van der Waals surface area contributed by atoms with Crippen molar-refractivity contribution in [1.29, 1.82) is 0 Å². The highest BCUT2D eigenvalue weighted by atomic mass is 35.5. The van der Waals surface area contributed by atoms with Crippen LogP contribution in [0.5, 0.6) is 0 Å². The van der Waals surface area contributed by atoms with Crippen LogP contribution < -0.4 is 0 Å². The van der Waals surface area contributed by atoms with Crippen molar-refractivity contribution < 1.29 is 9.90 Å². The number of carbonyl (C=O) groups is 1. The minimum atomic E-state index is -1.07. The molecule has 0 bridgehead atoms. The van der Waals surface area contributed by atoms with Crippen molar-refractivity contribution in [3.05, 3.63) is 46.7 Å². The Morgan fingerprint density at radius 2 is 2.00 bits per heavy atom. The molecule has 0 saturated carbocycles. The molecular formula is C11H9ClN2O2. The van der Waals surface area contributed by atoms with Crippen LogP contribution in [0.3, 0.4) is 0 Å². The lowest BCUT2D eigenvalue weighted by Crippen LogP contribution is -1.99. The molecule has 1 aromatic heterocycles. The molecule has 82 valence electrons. The molecule has 0 aliphatic rings. The topological polar surface area (TPSA) is 55.1 Å². The van der Waals surface area contributed by atoms with Gasteiger partial charge in [-0.3, -0.25) is 0 Å². The van der Waals surface area contributed by atoms with Gasteiger partial charge in [0.2, 0.25) is 0 Å². The van der Waals surface area contributed by atoms with Gasteiger partial charge < -0.3 is 5.11 Å². The van der Waals surface area contributed by atoms with Crippen molar-refractivity contribution >= 4 is 17.6 Å². The van der Waals surface area contributed by atoms with Gasteiger partial charge in [0.25, 0.3) is 0 Å². The SMILES string of the molecule is Cc1nn(-c2ccccc2)c(Cl)c1C(=O)O. The van der Waals surface area contributed by atoms with Gasteiger partial charge in [-0.25, -0.2) is 9.48 Å². The average Bonchev–Trinajstić information content (AvgIpc) is 2.55. The summed E-state index contributed by atoms with van der Waals surface area (Å²) in [5, 5.41) is 13.2. The van der Waals surface area contributed by atoms with Crippen LogP contribution in [0.25, 0.3) is 5.69 Å². The number of hydrogen-bond donors (Lipinski definition) is 1. The van der Waals surface area contributed by atoms with Gasteiger partial charge in [0.05, 0.1) is 11.4 Å². The first-order chi connectivity index (χ1) is 7.61. The number of carboxylic acid groups (broad SMARTS) is 1. The molecule has 2 aromatic rings. The minimum absolute atomic E-state index is 0.0468. The Morgan fingerprint density at radius 3 is 2.50 bits per heavy atom. The molecule has 0 atom stereocenters. The number of aryl methyl sites for hydroxylation is 1. The second kappa shape index (κ2) is 3.98. The molecule has 5 heteroatoms. The summed E-state index contributed by atoms with van der Waals surface area (Å²) >= 11 is 5.98. The lowest BCUT2D eigenvalue weighted by molar-refractivity contribution is 0.0696. The van der Waals surface area contributed by atoms with Gasteiger partial charge >= 0.3 is 5.97 Å². The van der Waals surface area contributed by atoms with Crippen molar-refractivity contribution in [2.24, 2.45) is 0 Å². The van der Waals surface area contributed by atoms with E-state index in [1.807, 2.05) is 30.3 Å². The third-order valence-electron chi connectivity index (χ3n) is 2.22. The van der Waals surface area contributed by atoms with E-state index in [1.54, 1.807) is 6.92 Å². The number of halogens is 1. The summed E-state index contributed by atoms with van der Waals surface area (Å²) in [6.45, 7) is 1.62. The zero-order chi connectivity index (χ0) is 11.7. The quantitative estimate of drug-likeness (QED) is 0.872. The smallest absolute Gasteiger partial charge is 0.340 e. The Bertz CT molecular complexity index is 534. The Kier molecular flexibility index (Phi) is 2.66. The van der Waals surface area contributed by atoms with Gasteiger partial charge in [-0.2, -0.15) is 5.10 Å². The van der Waals surface area contributed by atoms with Crippen molar-refractivity contribution in [1.82, 2.24) is 9.78 Å². The van der Waals surface area contributed by atoms with Crippen molar-refractivity contribution in [2.75, 3.05) is 0 Å². The fourth-order valence-corrected chi connectivity index (χ4v) is 1.84. The van der Waals surface area contributed by atoms with Gasteiger partial charge in [0.1, 0.15) is 10.7 Å². The zero-order valence-electron chi connectivity index (χ0n) is 8.51. The van der Waals surface area contributed by atoms with Gasteiger partial charge in [-0.15, -0.1) is 0 Å². The van der Waals surface area contributed by atoms with Gasteiger partial charge in [-0.1, -0.05) is 29.8 Å². The normalized spacial score (nSPS) is 10.4. The molecule has 1 N–H and O–H groups in total. The molecule has 0 aliphatic heterocycles. The number of rotatable bonds is 2. The van der Waals surface area contributed by atoms with E-state index < -0.39 is 5.97 Å². The van der Waals surface area contributed by atoms with Gasteiger partial charge in [0.15, 0.2) is 0 Å². The Labute approximate surface area is 97.1 Å². The molecule has 0 radical (unpaired) electrons. The molecule has 16 heavy (non-hydrogen) atoms. The second-order valence-corrected chi connectivity index (χ2v) is 3.66. The molecule has 0 aliphatic carbocycles. The molecule has 1 aromatic carbocycles. The number of nitrogens with zero attached hydrogens (tertiary/aromatic N) is 2. The maximum atomic E-state index is 10.9. The van der Waals surface area contributed by atoms with Crippen molar-refractivity contribution in [3.8, 4) is 5.69 Å². The first-order valence-electron chi connectivity index (χ1n) is 4.65. The highest BCUT2D eigenvalue weighted by Gasteiger charge is 2.19. The third-order valence-corrected chi connectivity index (χ3v) is 2.57. The van der Waals surface area contributed by atoms with Crippen LogP contribution in [-0.2, 0) is 0 Å². The van der Waals surface area contributed by atoms with Crippen LogP contribution in [0, 0.1) is 6.92 Å². The van der Waals surface area contributed by atoms with Crippen LogP contribution in [0.1, 0.15) is 16.1 Å². The Balaban J connectivity index is 2.61. The molecule has 0 unspecified atom stereocenters. The van der Waals surface area contributed by atoms with E-state index in [4.69, 9.17) is 16.7 Å². The number of aromatic carboxylic acids is 1. The molecule has 2 rings (SSSR count). The predicted molar refractivity (Wildman–Crippen MR) is 60.3 cm³/mol. The number of hydrogen-bond acceptors (Lipinski definition) is 2. The first kappa shape index (κ1) is 10.7. The summed E-state index contributed by atoms with van der Waals surface area (Å²) in [6, 6.07) is 9.16. The summed E-state index contributed by atoms with van der Waals surface area (Å²) in [5.74, 6) is -1.07. The maximum Gasteiger partial charge on any atom is 0.340 e. The molecule has 4 nitrogen and oxygen atoms in total. The van der Waals surface area contributed by atoms with E-state index in [0.717, 1.165) is 5.69 Å². The molecule has 0 saturated heterocycles. The number of aromatic nitrogens is 2. The second-order valence-electron chi connectivity index (χ2n) is 3.30. The van der Waals surface area contributed by atoms with Crippen molar-refractivity contribution in [3.63, 3.8) is 0 Å². The zero-order valence-corrected chi connectivity index (χ0v) is 9.27. The number of para-hydroxylation sites is 1. The van der Waals surface area contributed by atoms with E-state index in [2.05, 4.69) is 5.10 Å². The van der Waals surface area contributed by atoms with E-state index in [1.165, 1.54) is 4.68 Å². The summed E-state index contributed by atoms with van der Waals surface area (Å²) in [6.07, 6.45) is 0. The highest BCUT2D eigenvalue weighted by Crippen LogP contribution is 2.23. The van der Waals surface area contributed by atoms with E-state index in [-0.39, 0.29) is 10.7 Å². The van der Waals surface area contributed by atoms with Crippen LogP contribution in [0.2, 0.25) is 5.15 Å².